The van der Waals surface area contributed by atoms with Crippen molar-refractivity contribution in [3.8, 4) is 0 Å². The third kappa shape index (κ3) is 4.17. The van der Waals surface area contributed by atoms with Gasteiger partial charge in [-0.05, 0) is 25.1 Å². The fourth-order valence-corrected chi connectivity index (χ4v) is 1.30. The Bertz CT molecular complexity index is 500. The first-order valence-corrected chi connectivity index (χ1v) is 5.55. The molecule has 0 radical (unpaired) electrons. The molecule has 0 heterocycles. The molecule has 0 fully saturated rings. The molecule has 1 unspecified atom stereocenters. The van der Waals surface area contributed by atoms with Gasteiger partial charge in [0.05, 0.1) is 17.7 Å². The monoisotopic (exact) mass is 295 g/mol. The predicted octanol–water partition coefficient (Wildman–Crippen LogP) is 1.32. The number of amides is 1. The van der Waals surface area contributed by atoms with Crippen molar-refractivity contribution in [2.24, 2.45) is 0 Å². The Hall–Kier alpha value is -1.67. The molecule has 1 atom stereocenters. The van der Waals surface area contributed by atoms with Crippen LogP contribution in [-0.4, -0.2) is 34.9 Å². The van der Waals surface area contributed by atoms with Crippen molar-refractivity contribution in [2.45, 2.75) is 18.7 Å². The Labute approximate surface area is 112 Å². The summed E-state index contributed by atoms with van der Waals surface area (Å²) in [5, 5.41) is 20.2. The van der Waals surface area contributed by atoms with Crippen LogP contribution in [0.1, 0.15) is 22.8 Å². The van der Waals surface area contributed by atoms with Crippen molar-refractivity contribution in [2.75, 3.05) is 13.2 Å². The first kappa shape index (κ1) is 16.4. The van der Waals surface area contributed by atoms with Gasteiger partial charge in [-0.15, -0.1) is 0 Å². The molecule has 3 N–H and O–H groups in total. The van der Waals surface area contributed by atoms with E-state index in [0.29, 0.717) is 18.2 Å². The lowest BCUT2D eigenvalue weighted by Gasteiger charge is -2.20. The lowest BCUT2D eigenvalue weighted by Crippen LogP contribution is -2.43. The number of aliphatic hydroxyl groups is 2. The molecule has 0 aliphatic heterocycles. The van der Waals surface area contributed by atoms with Gasteiger partial charge in [-0.3, -0.25) is 4.79 Å². The van der Waals surface area contributed by atoms with E-state index in [0.717, 1.165) is 0 Å². The highest BCUT2D eigenvalue weighted by atomic mass is 19.4. The lowest BCUT2D eigenvalue weighted by atomic mass is 10.1. The summed E-state index contributed by atoms with van der Waals surface area (Å²) in [5.74, 6) is -2.22. The number of halogens is 4. The highest BCUT2D eigenvalue weighted by Gasteiger charge is 2.32. The molecule has 1 aromatic carbocycles. The molecular formula is C12H13F4NO3. The van der Waals surface area contributed by atoms with Crippen LogP contribution in [0, 0.1) is 5.82 Å². The molecule has 0 spiro atoms. The van der Waals surface area contributed by atoms with Gasteiger partial charge in [-0.1, -0.05) is 0 Å². The Morgan fingerprint density at radius 2 is 1.95 bits per heavy atom. The molecule has 0 aliphatic carbocycles. The largest absolute Gasteiger partial charge is 0.416 e. The van der Waals surface area contributed by atoms with Crippen LogP contribution in [0.25, 0.3) is 0 Å². The minimum absolute atomic E-state index is 0.387. The minimum atomic E-state index is -4.70. The second kappa shape index (κ2) is 5.76. The van der Waals surface area contributed by atoms with Gasteiger partial charge in [0.2, 0.25) is 0 Å². The molecule has 8 heteroatoms. The van der Waals surface area contributed by atoms with E-state index < -0.39 is 47.8 Å². The maximum Gasteiger partial charge on any atom is 0.416 e. The van der Waals surface area contributed by atoms with Crippen LogP contribution in [0.15, 0.2) is 18.2 Å². The Kier molecular flexibility index (Phi) is 4.72. The first-order valence-electron chi connectivity index (χ1n) is 5.55. The number of hydrogen-bond donors (Lipinski definition) is 3. The van der Waals surface area contributed by atoms with Gasteiger partial charge in [0, 0.05) is 6.54 Å². The number of hydrogen-bond acceptors (Lipinski definition) is 3. The highest BCUT2D eigenvalue weighted by molar-refractivity contribution is 5.94. The number of nitrogens with one attached hydrogen (secondary N) is 1. The average molecular weight is 295 g/mol. The van der Waals surface area contributed by atoms with E-state index in [1.165, 1.54) is 6.92 Å². The Morgan fingerprint density at radius 1 is 1.35 bits per heavy atom. The lowest BCUT2D eigenvalue weighted by molar-refractivity contribution is -0.137. The maximum absolute atomic E-state index is 13.4. The molecule has 0 bridgehead atoms. The third-order valence-corrected chi connectivity index (χ3v) is 2.51. The fraction of sp³-hybridized carbons (Fsp3) is 0.417. The number of carbonyl (C=O) groups excluding carboxylic acids is 1. The van der Waals surface area contributed by atoms with Crippen LogP contribution >= 0.6 is 0 Å². The molecule has 0 saturated carbocycles. The molecule has 4 nitrogen and oxygen atoms in total. The van der Waals surface area contributed by atoms with Crippen molar-refractivity contribution in [3.05, 3.63) is 35.1 Å². The highest BCUT2D eigenvalue weighted by Crippen LogP contribution is 2.30. The summed E-state index contributed by atoms with van der Waals surface area (Å²) in [6, 6.07) is 1.45. The van der Waals surface area contributed by atoms with Gasteiger partial charge in [-0.25, -0.2) is 4.39 Å². The molecule has 1 amide bonds. The summed E-state index contributed by atoms with van der Waals surface area (Å²) in [6.07, 6.45) is -4.70. The van der Waals surface area contributed by atoms with Gasteiger partial charge in [0.25, 0.3) is 5.91 Å². The summed E-state index contributed by atoms with van der Waals surface area (Å²) >= 11 is 0. The summed E-state index contributed by atoms with van der Waals surface area (Å²) in [6.45, 7) is 0.103. The van der Waals surface area contributed by atoms with Gasteiger partial charge in [0.15, 0.2) is 0 Å². The average Bonchev–Trinajstić information content (AvgIpc) is 2.35. The quantitative estimate of drug-likeness (QED) is 0.734. The Morgan fingerprint density at radius 3 is 2.45 bits per heavy atom. The molecular weight excluding hydrogens is 282 g/mol. The summed E-state index contributed by atoms with van der Waals surface area (Å²) in [5.41, 5.74) is -3.58. The first-order chi connectivity index (χ1) is 9.07. The van der Waals surface area contributed by atoms with E-state index in [-0.39, 0.29) is 0 Å². The minimum Gasteiger partial charge on any atom is -0.393 e. The van der Waals surface area contributed by atoms with E-state index in [1.54, 1.807) is 0 Å². The second-order valence-corrected chi connectivity index (χ2v) is 4.53. The number of rotatable bonds is 4. The van der Waals surface area contributed by atoms with Crippen LogP contribution in [0.5, 0.6) is 0 Å². The number of aliphatic hydroxyl groups excluding tert-OH is 1. The molecule has 20 heavy (non-hydrogen) atoms. The standard InChI is InChI=1S/C12H13F4NO3/c1-11(20,6-18)5-17-10(19)8-4-7(12(14,15)16)2-3-9(8)13/h2-4,18,20H,5-6H2,1H3,(H,17,19). The SMILES string of the molecule is CC(O)(CO)CNC(=O)c1cc(C(F)(F)F)ccc1F. The van der Waals surface area contributed by atoms with Crippen LogP contribution < -0.4 is 5.32 Å². The van der Waals surface area contributed by atoms with E-state index in [2.05, 4.69) is 5.32 Å². The molecule has 1 aromatic rings. The normalized spacial score (nSPS) is 14.8. The van der Waals surface area contributed by atoms with Gasteiger partial charge in [0.1, 0.15) is 11.4 Å². The predicted molar refractivity (Wildman–Crippen MR) is 61.4 cm³/mol. The smallest absolute Gasteiger partial charge is 0.393 e. The maximum atomic E-state index is 13.4. The van der Waals surface area contributed by atoms with Gasteiger partial charge in [-0.2, -0.15) is 13.2 Å². The molecule has 0 saturated heterocycles. The van der Waals surface area contributed by atoms with E-state index >= 15 is 0 Å². The zero-order valence-electron chi connectivity index (χ0n) is 10.5. The summed E-state index contributed by atoms with van der Waals surface area (Å²) < 4.78 is 50.8. The van der Waals surface area contributed by atoms with Crippen molar-refractivity contribution in [3.63, 3.8) is 0 Å². The third-order valence-electron chi connectivity index (χ3n) is 2.51. The Balaban J connectivity index is 2.93. The zero-order chi connectivity index (χ0) is 15.6. The molecule has 0 aromatic heterocycles. The number of benzene rings is 1. The van der Waals surface area contributed by atoms with Crippen LogP contribution in [0.3, 0.4) is 0 Å². The molecule has 112 valence electrons. The van der Waals surface area contributed by atoms with E-state index in [4.69, 9.17) is 5.11 Å². The second-order valence-electron chi connectivity index (χ2n) is 4.53. The van der Waals surface area contributed by atoms with Gasteiger partial charge < -0.3 is 15.5 Å². The molecule has 1 rings (SSSR count). The summed E-state index contributed by atoms with van der Waals surface area (Å²) in [7, 11) is 0. The van der Waals surface area contributed by atoms with Crippen LogP contribution in [0.2, 0.25) is 0 Å². The van der Waals surface area contributed by atoms with Crippen LogP contribution in [0.4, 0.5) is 17.6 Å². The van der Waals surface area contributed by atoms with Crippen molar-refractivity contribution in [1.29, 1.82) is 0 Å². The van der Waals surface area contributed by atoms with Gasteiger partial charge >= 0.3 is 6.18 Å². The van der Waals surface area contributed by atoms with E-state index in [9.17, 15) is 27.5 Å². The van der Waals surface area contributed by atoms with Crippen molar-refractivity contribution >= 4 is 5.91 Å². The fourth-order valence-electron chi connectivity index (χ4n) is 1.30. The molecule has 0 aliphatic rings. The van der Waals surface area contributed by atoms with E-state index in [1.807, 2.05) is 0 Å². The zero-order valence-corrected chi connectivity index (χ0v) is 10.5. The number of alkyl halides is 3. The van der Waals surface area contributed by atoms with Crippen LogP contribution in [-0.2, 0) is 6.18 Å². The number of carbonyl (C=O) groups is 1. The summed E-state index contributed by atoms with van der Waals surface area (Å²) in [4.78, 5) is 11.6. The van der Waals surface area contributed by atoms with Crippen molar-refractivity contribution in [1.82, 2.24) is 5.32 Å². The van der Waals surface area contributed by atoms with Crippen molar-refractivity contribution < 1.29 is 32.6 Å². The topological polar surface area (TPSA) is 69.6 Å².